The van der Waals surface area contributed by atoms with Crippen LogP contribution in [0.25, 0.3) is 0 Å². The first-order valence-corrected chi connectivity index (χ1v) is 10.4. The molecule has 6 nitrogen and oxygen atoms in total. The third-order valence-electron chi connectivity index (χ3n) is 3.85. The fraction of sp³-hybridized carbons (Fsp3) is 0.158. The highest BCUT2D eigenvalue weighted by molar-refractivity contribution is 9.10. The van der Waals surface area contributed by atoms with Crippen LogP contribution in [0.2, 0.25) is 5.02 Å². The summed E-state index contributed by atoms with van der Waals surface area (Å²) in [5.74, 6) is -0.507. The van der Waals surface area contributed by atoms with Crippen molar-refractivity contribution >= 4 is 67.7 Å². The molecule has 1 atom stereocenters. The summed E-state index contributed by atoms with van der Waals surface area (Å²) in [5, 5.41) is 14.2. The second kappa shape index (κ2) is 9.36. The molecule has 3 rings (SSSR count). The SMILES string of the molecule is CC(=NN=C1NC(=O)[C@H](CC(=O)Nc2ccccc2Br)S1)c1ccc(Cl)cc1. The average Bonchev–Trinajstić information content (AvgIpc) is 3.01. The van der Waals surface area contributed by atoms with Gasteiger partial charge in [0.1, 0.15) is 5.25 Å². The molecule has 2 N–H and O–H groups in total. The molecular formula is C19H16BrClN4O2S. The number of hydrogen-bond donors (Lipinski definition) is 2. The maximum Gasteiger partial charge on any atom is 0.240 e. The number of benzene rings is 2. The average molecular weight is 480 g/mol. The number of carbonyl (C=O) groups excluding carboxylic acids is 2. The van der Waals surface area contributed by atoms with Gasteiger partial charge in [0.25, 0.3) is 0 Å². The molecule has 1 heterocycles. The van der Waals surface area contributed by atoms with Gasteiger partial charge in [0.15, 0.2) is 5.17 Å². The maximum absolute atomic E-state index is 12.2. The Kier molecular flexibility index (Phi) is 6.88. The van der Waals surface area contributed by atoms with Gasteiger partial charge in [-0.05, 0) is 52.7 Å². The van der Waals surface area contributed by atoms with E-state index >= 15 is 0 Å². The Labute approximate surface area is 180 Å². The smallest absolute Gasteiger partial charge is 0.240 e. The normalized spacial score (nSPS) is 18.2. The van der Waals surface area contributed by atoms with E-state index in [2.05, 4.69) is 36.8 Å². The van der Waals surface area contributed by atoms with Crippen LogP contribution in [0.15, 0.2) is 63.2 Å². The molecule has 1 saturated heterocycles. The van der Waals surface area contributed by atoms with Gasteiger partial charge in [0.2, 0.25) is 11.8 Å². The number of para-hydroxylation sites is 1. The Bertz CT molecular complexity index is 963. The highest BCUT2D eigenvalue weighted by Crippen LogP contribution is 2.25. The van der Waals surface area contributed by atoms with E-state index in [4.69, 9.17) is 11.6 Å². The van der Waals surface area contributed by atoms with Gasteiger partial charge in [-0.3, -0.25) is 9.59 Å². The van der Waals surface area contributed by atoms with E-state index in [1.807, 2.05) is 37.3 Å². The van der Waals surface area contributed by atoms with Crippen molar-refractivity contribution < 1.29 is 9.59 Å². The second-order valence-corrected chi connectivity index (χ2v) is 8.41. The zero-order chi connectivity index (χ0) is 20.1. The lowest BCUT2D eigenvalue weighted by atomic mass is 10.1. The van der Waals surface area contributed by atoms with Crippen molar-refractivity contribution in [2.75, 3.05) is 5.32 Å². The van der Waals surface area contributed by atoms with Crippen molar-refractivity contribution in [3.05, 3.63) is 63.6 Å². The summed E-state index contributed by atoms with van der Waals surface area (Å²) in [6.07, 6.45) is 0.0384. The zero-order valence-corrected chi connectivity index (χ0v) is 17.9. The van der Waals surface area contributed by atoms with E-state index in [1.54, 1.807) is 18.2 Å². The molecule has 1 aliphatic heterocycles. The molecule has 1 fully saturated rings. The van der Waals surface area contributed by atoms with Crippen LogP contribution in [0.5, 0.6) is 0 Å². The standard InChI is InChI=1S/C19H16BrClN4O2S/c1-11(12-6-8-13(21)9-7-12)24-25-19-23-18(27)16(28-19)10-17(26)22-15-5-3-2-4-14(15)20/h2-9,16H,10H2,1H3,(H,22,26)(H,23,25,27)/t16-/m0/s1. The summed E-state index contributed by atoms with van der Waals surface area (Å²) < 4.78 is 0.779. The fourth-order valence-electron chi connectivity index (χ4n) is 2.39. The molecule has 144 valence electrons. The summed E-state index contributed by atoms with van der Waals surface area (Å²) in [4.78, 5) is 24.4. The monoisotopic (exact) mass is 478 g/mol. The molecule has 0 aromatic heterocycles. The number of anilines is 1. The first-order chi connectivity index (χ1) is 13.4. The van der Waals surface area contributed by atoms with Crippen LogP contribution in [0.1, 0.15) is 18.9 Å². The number of rotatable bonds is 5. The molecule has 9 heteroatoms. The van der Waals surface area contributed by atoms with Crippen molar-refractivity contribution in [1.29, 1.82) is 0 Å². The van der Waals surface area contributed by atoms with E-state index in [9.17, 15) is 9.59 Å². The lowest BCUT2D eigenvalue weighted by molar-refractivity contribution is -0.122. The fourth-order valence-corrected chi connectivity index (χ4v) is 3.82. The Morgan fingerprint density at radius 3 is 2.68 bits per heavy atom. The van der Waals surface area contributed by atoms with E-state index in [1.165, 1.54) is 11.8 Å². The Hall–Kier alpha value is -2.16. The summed E-state index contributed by atoms with van der Waals surface area (Å²) >= 11 is 10.4. The minimum absolute atomic E-state index is 0.0384. The number of hydrogen-bond acceptors (Lipinski definition) is 5. The van der Waals surface area contributed by atoms with Crippen LogP contribution in [-0.2, 0) is 9.59 Å². The number of nitrogens with zero attached hydrogens (tertiary/aromatic N) is 2. The van der Waals surface area contributed by atoms with Crippen molar-refractivity contribution in [2.24, 2.45) is 10.2 Å². The van der Waals surface area contributed by atoms with Gasteiger partial charge in [-0.2, -0.15) is 5.10 Å². The second-order valence-electron chi connectivity index (χ2n) is 5.93. The van der Waals surface area contributed by atoms with E-state index in [0.717, 1.165) is 10.0 Å². The number of carbonyl (C=O) groups is 2. The van der Waals surface area contributed by atoms with Crippen molar-refractivity contribution in [3.63, 3.8) is 0 Å². The molecule has 2 aromatic rings. The van der Waals surface area contributed by atoms with Gasteiger partial charge in [-0.1, -0.05) is 47.6 Å². The van der Waals surface area contributed by atoms with E-state index in [0.29, 0.717) is 21.6 Å². The maximum atomic E-state index is 12.2. The lowest BCUT2D eigenvalue weighted by Gasteiger charge is -2.08. The third-order valence-corrected chi connectivity index (χ3v) is 5.86. The highest BCUT2D eigenvalue weighted by atomic mass is 79.9. The number of amidine groups is 1. The van der Waals surface area contributed by atoms with Crippen molar-refractivity contribution in [2.45, 2.75) is 18.6 Å². The Morgan fingerprint density at radius 2 is 1.96 bits per heavy atom. The summed E-state index contributed by atoms with van der Waals surface area (Å²) in [6, 6.07) is 14.5. The number of nitrogens with one attached hydrogen (secondary N) is 2. The first kappa shape index (κ1) is 20.6. The van der Waals surface area contributed by atoms with Crippen LogP contribution >= 0.6 is 39.3 Å². The Morgan fingerprint density at radius 1 is 1.25 bits per heavy atom. The first-order valence-electron chi connectivity index (χ1n) is 8.32. The summed E-state index contributed by atoms with van der Waals surface area (Å²) in [7, 11) is 0. The van der Waals surface area contributed by atoms with Gasteiger partial charge < -0.3 is 10.6 Å². The van der Waals surface area contributed by atoms with Crippen LogP contribution in [0.4, 0.5) is 5.69 Å². The van der Waals surface area contributed by atoms with Crippen molar-refractivity contribution in [1.82, 2.24) is 5.32 Å². The van der Waals surface area contributed by atoms with Crippen LogP contribution in [-0.4, -0.2) is 27.9 Å². The molecule has 0 bridgehead atoms. The van der Waals surface area contributed by atoms with Crippen LogP contribution in [0.3, 0.4) is 0 Å². The largest absolute Gasteiger partial charge is 0.325 e. The predicted molar refractivity (Wildman–Crippen MR) is 118 cm³/mol. The molecule has 2 amide bonds. The van der Waals surface area contributed by atoms with Crippen LogP contribution < -0.4 is 10.6 Å². The molecule has 0 radical (unpaired) electrons. The molecular weight excluding hydrogens is 464 g/mol. The third kappa shape index (κ3) is 5.43. The molecule has 28 heavy (non-hydrogen) atoms. The molecule has 0 spiro atoms. The van der Waals surface area contributed by atoms with Gasteiger partial charge in [0, 0.05) is 15.9 Å². The summed E-state index contributed by atoms with van der Waals surface area (Å²) in [5.41, 5.74) is 2.23. The van der Waals surface area contributed by atoms with Gasteiger partial charge in [-0.15, -0.1) is 5.10 Å². The summed E-state index contributed by atoms with van der Waals surface area (Å²) in [6.45, 7) is 1.82. The Balaban J connectivity index is 1.60. The molecule has 2 aromatic carbocycles. The molecule has 0 aliphatic carbocycles. The van der Waals surface area contributed by atoms with E-state index in [-0.39, 0.29) is 18.2 Å². The molecule has 0 saturated carbocycles. The van der Waals surface area contributed by atoms with E-state index < -0.39 is 5.25 Å². The predicted octanol–water partition coefficient (Wildman–Crippen LogP) is 4.44. The topological polar surface area (TPSA) is 82.9 Å². The minimum atomic E-state index is -0.549. The zero-order valence-electron chi connectivity index (χ0n) is 14.8. The number of thioether (sulfide) groups is 1. The van der Waals surface area contributed by atoms with Gasteiger partial charge in [-0.25, -0.2) is 0 Å². The van der Waals surface area contributed by atoms with Gasteiger partial charge >= 0.3 is 0 Å². The van der Waals surface area contributed by atoms with Gasteiger partial charge in [0.05, 0.1) is 11.4 Å². The van der Waals surface area contributed by atoms with Crippen molar-refractivity contribution in [3.8, 4) is 0 Å². The minimum Gasteiger partial charge on any atom is -0.325 e. The quantitative estimate of drug-likeness (QED) is 0.491. The number of amides is 2. The number of halogens is 2. The highest BCUT2D eigenvalue weighted by Gasteiger charge is 2.32. The lowest BCUT2D eigenvalue weighted by Crippen LogP contribution is -2.28. The molecule has 1 aliphatic rings. The van der Waals surface area contributed by atoms with Crippen LogP contribution in [0, 0.1) is 0 Å². The molecule has 0 unspecified atom stereocenters.